The van der Waals surface area contributed by atoms with Crippen molar-refractivity contribution >= 4 is 27.2 Å². The Bertz CT molecular complexity index is 578. The summed E-state index contributed by atoms with van der Waals surface area (Å²) in [5.41, 5.74) is 6.14. The van der Waals surface area contributed by atoms with Crippen LogP contribution in [0.4, 0.5) is 0 Å². The second kappa shape index (κ2) is 4.95. The van der Waals surface area contributed by atoms with E-state index in [2.05, 4.69) is 4.72 Å². The van der Waals surface area contributed by atoms with Crippen LogP contribution in [0.5, 0.6) is 0 Å². The van der Waals surface area contributed by atoms with Crippen LogP contribution in [0.15, 0.2) is 23.1 Å². The van der Waals surface area contributed by atoms with Crippen molar-refractivity contribution in [2.75, 3.05) is 0 Å². The minimum atomic E-state index is -3.63. The second-order valence-corrected chi connectivity index (χ2v) is 6.95. The average molecular weight is 286 g/mol. The number of aryl methyl sites for hydroxylation is 2. The van der Waals surface area contributed by atoms with Crippen LogP contribution in [0.3, 0.4) is 0 Å². The highest BCUT2D eigenvalue weighted by Gasteiger charge is 2.29. The Balaban J connectivity index is 3.23. The normalized spacial score (nSPS) is 12.4. The Morgan fingerprint density at radius 3 is 2.39 bits per heavy atom. The van der Waals surface area contributed by atoms with Crippen molar-refractivity contribution < 1.29 is 8.42 Å². The zero-order chi connectivity index (χ0) is 14.1. The number of benzene rings is 1. The van der Waals surface area contributed by atoms with E-state index in [0.717, 1.165) is 5.56 Å². The molecule has 0 fully saturated rings. The van der Waals surface area contributed by atoms with Gasteiger partial charge in [-0.15, -0.1) is 0 Å². The standard InChI is InChI=1S/C12H18N2O2S2/c1-8-5-6-9(2)10(7-8)18(15,16)14-12(3,4)11(13)17/h5-7,14H,1-4H3,(H2,13,17). The van der Waals surface area contributed by atoms with Gasteiger partial charge in [0.05, 0.1) is 15.4 Å². The zero-order valence-corrected chi connectivity index (χ0v) is 12.6. The van der Waals surface area contributed by atoms with E-state index in [1.807, 2.05) is 13.0 Å². The molecule has 3 N–H and O–H groups in total. The lowest BCUT2D eigenvalue weighted by Crippen LogP contribution is -2.52. The summed E-state index contributed by atoms with van der Waals surface area (Å²) < 4.78 is 27.1. The molecule has 6 heteroatoms. The molecule has 1 rings (SSSR count). The third kappa shape index (κ3) is 3.28. The van der Waals surface area contributed by atoms with Crippen LogP contribution in [0.2, 0.25) is 0 Å². The molecule has 18 heavy (non-hydrogen) atoms. The first kappa shape index (κ1) is 15.1. The number of rotatable bonds is 4. The van der Waals surface area contributed by atoms with Gasteiger partial charge in [-0.25, -0.2) is 8.42 Å². The summed E-state index contributed by atoms with van der Waals surface area (Å²) in [4.78, 5) is 0.364. The van der Waals surface area contributed by atoms with E-state index in [0.29, 0.717) is 5.56 Å². The lowest BCUT2D eigenvalue weighted by atomic mass is 10.1. The number of nitrogens with two attached hydrogens (primary N) is 1. The van der Waals surface area contributed by atoms with Crippen molar-refractivity contribution in [3.8, 4) is 0 Å². The van der Waals surface area contributed by atoms with E-state index >= 15 is 0 Å². The first-order valence-corrected chi connectivity index (χ1v) is 7.36. The fraction of sp³-hybridized carbons (Fsp3) is 0.417. The molecule has 0 bridgehead atoms. The van der Waals surface area contributed by atoms with Gasteiger partial charge < -0.3 is 5.73 Å². The van der Waals surface area contributed by atoms with Crippen molar-refractivity contribution in [2.24, 2.45) is 5.73 Å². The minimum absolute atomic E-state index is 0.108. The fourth-order valence-electron chi connectivity index (χ4n) is 1.44. The van der Waals surface area contributed by atoms with Crippen LogP contribution in [-0.2, 0) is 10.0 Å². The third-order valence-corrected chi connectivity index (χ3v) is 4.95. The van der Waals surface area contributed by atoms with E-state index < -0.39 is 15.6 Å². The molecule has 100 valence electrons. The van der Waals surface area contributed by atoms with Gasteiger partial charge in [-0.3, -0.25) is 0 Å². The molecule has 0 amide bonds. The van der Waals surface area contributed by atoms with Crippen molar-refractivity contribution in [1.82, 2.24) is 4.72 Å². The van der Waals surface area contributed by atoms with Crippen LogP contribution >= 0.6 is 12.2 Å². The van der Waals surface area contributed by atoms with Gasteiger partial charge in [0, 0.05) is 0 Å². The maximum atomic E-state index is 12.3. The SMILES string of the molecule is Cc1ccc(C)c(S(=O)(=O)NC(C)(C)C(N)=S)c1. The van der Waals surface area contributed by atoms with Crippen LogP contribution < -0.4 is 10.5 Å². The van der Waals surface area contributed by atoms with E-state index in [4.69, 9.17) is 18.0 Å². The molecular formula is C12H18N2O2S2. The maximum Gasteiger partial charge on any atom is 0.241 e. The van der Waals surface area contributed by atoms with Crippen molar-refractivity contribution in [3.05, 3.63) is 29.3 Å². The molecule has 4 nitrogen and oxygen atoms in total. The molecule has 0 aliphatic carbocycles. The summed E-state index contributed by atoms with van der Waals surface area (Å²) in [6.07, 6.45) is 0. The molecule has 1 aromatic rings. The summed E-state index contributed by atoms with van der Waals surface area (Å²) in [5.74, 6) is 0. The molecule has 0 unspecified atom stereocenters. The number of thiocarbonyl (C=S) groups is 1. The smallest absolute Gasteiger partial charge is 0.241 e. The number of hydrogen-bond donors (Lipinski definition) is 2. The molecular weight excluding hydrogens is 268 g/mol. The van der Waals surface area contributed by atoms with Crippen LogP contribution in [-0.4, -0.2) is 18.9 Å². The van der Waals surface area contributed by atoms with E-state index in [1.165, 1.54) is 0 Å². The van der Waals surface area contributed by atoms with Gasteiger partial charge in [0.2, 0.25) is 10.0 Å². The Kier molecular flexibility index (Phi) is 4.15. The molecule has 0 radical (unpaired) electrons. The summed E-state index contributed by atoms with van der Waals surface area (Å²) in [6, 6.07) is 5.28. The Hall–Kier alpha value is -0.980. The lowest BCUT2D eigenvalue weighted by molar-refractivity contribution is 0.545. The quantitative estimate of drug-likeness (QED) is 0.826. The van der Waals surface area contributed by atoms with Gasteiger partial charge in [-0.2, -0.15) is 4.72 Å². The number of sulfonamides is 1. The largest absolute Gasteiger partial charge is 0.392 e. The molecule has 0 aliphatic rings. The van der Waals surface area contributed by atoms with Gasteiger partial charge in [-0.1, -0.05) is 24.4 Å². The van der Waals surface area contributed by atoms with Crippen molar-refractivity contribution in [2.45, 2.75) is 38.1 Å². The monoisotopic (exact) mass is 286 g/mol. The van der Waals surface area contributed by atoms with E-state index in [1.54, 1.807) is 32.9 Å². The van der Waals surface area contributed by atoms with Gasteiger partial charge in [0.25, 0.3) is 0 Å². The summed E-state index contributed by atoms with van der Waals surface area (Å²) in [7, 11) is -3.63. The first-order chi connectivity index (χ1) is 8.06. The highest BCUT2D eigenvalue weighted by atomic mass is 32.2. The predicted molar refractivity (Wildman–Crippen MR) is 77.1 cm³/mol. The molecule has 0 aromatic heterocycles. The molecule has 1 aromatic carbocycles. The minimum Gasteiger partial charge on any atom is -0.392 e. The van der Waals surface area contributed by atoms with Crippen LogP contribution in [0, 0.1) is 13.8 Å². The third-order valence-electron chi connectivity index (χ3n) is 2.64. The average Bonchev–Trinajstić information content (AvgIpc) is 2.19. The number of hydrogen-bond acceptors (Lipinski definition) is 3. The zero-order valence-electron chi connectivity index (χ0n) is 10.9. The highest BCUT2D eigenvalue weighted by Crippen LogP contribution is 2.19. The predicted octanol–water partition coefficient (Wildman–Crippen LogP) is 1.65. The lowest BCUT2D eigenvalue weighted by Gasteiger charge is -2.25. The topological polar surface area (TPSA) is 72.2 Å². The maximum absolute atomic E-state index is 12.3. The number of nitrogens with one attached hydrogen (secondary N) is 1. The molecule has 0 atom stereocenters. The van der Waals surface area contributed by atoms with Crippen LogP contribution in [0.1, 0.15) is 25.0 Å². The van der Waals surface area contributed by atoms with E-state index in [-0.39, 0.29) is 9.88 Å². The summed E-state index contributed by atoms with van der Waals surface area (Å²) >= 11 is 4.86. The van der Waals surface area contributed by atoms with Crippen molar-refractivity contribution in [3.63, 3.8) is 0 Å². The van der Waals surface area contributed by atoms with Gasteiger partial charge in [-0.05, 0) is 44.9 Å². The molecule has 0 saturated heterocycles. The van der Waals surface area contributed by atoms with E-state index in [9.17, 15) is 8.42 Å². The van der Waals surface area contributed by atoms with Gasteiger partial charge in [0.1, 0.15) is 0 Å². The Morgan fingerprint density at radius 2 is 1.89 bits per heavy atom. The molecule has 0 heterocycles. The molecule has 0 aliphatic heterocycles. The molecule has 0 saturated carbocycles. The second-order valence-electron chi connectivity index (χ2n) is 4.86. The Morgan fingerprint density at radius 1 is 1.33 bits per heavy atom. The summed E-state index contributed by atoms with van der Waals surface area (Å²) in [6.45, 7) is 6.87. The highest BCUT2D eigenvalue weighted by molar-refractivity contribution is 7.89. The van der Waals surface area contributed by atoms with Gasteiger partial charge >= 0.3 is 0 Å². The van der Waals surface area contributed by atoms with Crippen molar-refractivity contribution in [1.29, 1.82) is 0 Å². The van der Waals surface area contributed by atoms with Crippen LogP contribution in [0.25, 0.3) is 0 Å². The Labute approximate surface area is 114 Å². The summed E-state index contributed by atoms with van der Waals surface area (Å²) in [5, 5.41) is 0. The van der Waals surface area contributed by atoms with Gasteiger partial charge in [0.15, 0.2) is 0 Å². The first-order valence-electron chi connectivity index (χ1n) is 5.47. The fourth-order valence-corrected chi connectivity index (χ4v) is 3.28. The molecule has 0 spiro atoms.